The normalized spacial score (nSPS) is 9.00. The summed E-state index contributed by atoms with van der Waals surface area (Å²) in [4.78, 5) is 0. The third kappa shape index (κ3) is 1.46. The van der Waals surface area contributed by atoms with Crippen LogP contribution in [-0.4, -0.2) is 4.57 Å². The van der Waals surface area contributed by atoms with Crippen LogP contribution in [0.2, 0.25) is 0 Å². The molecule has 1 aromatic heterocycles. The summed E-state index contributed by atoms with van der Waals surface area (Å²) in [5.41, 5.74) is 0. The number of pyridine rings is 1. The van der Waals surface area contributed by atoms with E-state index in [1.165, 1.54) is 0 Å². The topological polar surface area (TPSA) is 4.93 Å². The van der Waals surface area contributed by atoms with Gasteiger partial charge in [-0.05, 0) is 0 Å². The zero-order valence-electron chi connectivity index (χ0n) is 4.87. The molecule has 0 aliphatic rings. The molecule has 1 rings (SSSR count). The molecule has 0 unspecified atom stereocenters. The first-order valence-corrected chi connectivity index (χ1v) is 3.42. The van der Waals surface area contributed by atoms with E-state index >= 15 is 0 Å². The number of hydrogen-bond acceptors (Lipinski definition) is 0. The first-order valence-electron chi connectivity index (χ1n) is 2.60. The van der Waals surface area contributed by atoms with Crippen LogP contribution in [0.3, 0.4) is 0 Å². The van der Waals surface area contributed by atoms with Crippen LogP contribution in [0.1, 0.15) is 0 Å². The SMILES string of the molecule is C=Cn1cccc[c]1=[Rh]. The zero-order valence-corrected chi connectivity index (χ0v) is 6.51. The summed E-state index contributed by atoms with van der Waals surface area (Å²) in [5, 5.41) is 0. The summed E-state index contributed by atoms with van der Waals surface area (Å²) in [6, 6.07) is 5.94. The van der Waals surface area contributed by atoms with Crippen molar-refractivity contribution in [1.82, 2.24) is 4.57 Å². The van der Waals surface area contributed by atoms with Gasteiger partial charge in [-0.15, -0.1) is 0 Å². The molecule has 1 heterocycles. The van der Waals surface area contributed by atoms with Gasteiger partial charge in [-0.2, -0.15) is 0 Å². The van der Waals surface area contributed by atoms with Crippen LogP contribution in [0.5, 0.6) is 0 Å². The van der Waals surface area contributed by atoms with E-state index in [1.807, 2.05) is 29.0 Å². The molecule has 0 saturated carbocycles. The van der Waals surface area contributed by atoms with Crippen LogP contribution in [0, 0.1) is 3.88 Å². The molecule has 1 aromatic rings. The van der Waals surface area contributed by atoms with Crippen LogP contribution in [0.4, 0.5) is 0 Å². The van der Waals surface area contributed by atoms with Crippen molar-refractivity contribution >= 4 is 6.20 Å². The Kier molecular flexibility index (Phi) is 2.12. The summed E-state index contributed by atoms with van der Waals surface area (Å²) in [6.07, 6.45) is 3.71. The molecule has 0 atom stereocenters. The summed E-state index contributed by atoms with van der Waals surface area (Å²) >= 11 is 2.81. The molecule has 49 valence electrons. The van der Waals surface area contributed by atoms with E-state index in [1.54, 1.807) is 6.20 Å². The van der Waals surface area contributed by atoms with Gasteiger partial charge < -0.3 is 0 Å². The minimum absolute atomic E-state index is 1.09. The number of hydrogen-bond donors (Lipinski definition) is 0. The Labute approximate surface area is 63.8 Å². The average molecular weight is 208 g/mol. The first kappa shape index (κ1) is 6.63. The monoisotopic (exact) mass is 208 g/mol. The van der Waals surface area contributed by atoms with Crippen molar-refractivity contribution in [3.63, 3.8) is 0 Å². The van der Waals surface area contributed by atoms with Gasteiger partial charge in [-0.3, -0.25) is 0 Å². The van der Waals surface area contributed by atoms with Crippen molar-refractivity contribution in [2.24, 2.45) is 0 Å². The third-order valence-corrected chi connectivity index (χ3v) is 1.71. The Hall–Kier alpha value is -0.487. The van der Waals surface area contributed by atoms with Gasteiger partial charge in [0.15, 0.2) is 0 Å². The van der Waals surface area contributed by atoms with Gasteiger partial charge in [0, 0.05) is 0 Å². The average Bonchev–Trinajstić information content (AvgIpc) is 1.89. The van der Waals surface area contributed by atoms with Gasteiger partial charge in [0.2, 0.25) is 0 Å². The second-order valence-corrected chi connectivity index (χ2v) is 2.43. The molecule has 0 aromatic carbocycles. The molecule has 0 saturated heterocycles. The van der Waals surface area contributed by atoms with Gasteiger partial charge in [-0.1, -0.05) is 0 Å². The van der Waals surface area contributed by atoms with Crippen LogP contribution in [0.25, 0.3) is 6.20 Å². The van der Waals surface area contributed by atoms with Crippen molar-refractivity contribution in [2.45, 2.75) is 0 Å². The van der Waals surface area contributed by atoms with E-state index < -0.39 is 0 Å². The molecule has 0 N–H and O–H groups in total. The Morgan fingerprint density at radius 1 is 1.56 bits per heavy atom. The Morgan fingerprint density at radius 2 is 2.33 bits per heavy atom. The van der Waals surface area contributed by atoms with E-state index in [-0.39, 0.29) is 0 Å². The van der Waals surface area contributed by atoms with Crippen molar-refractivity contribution < 1.29 is 17.9 Å². The summed E-state index contributed by atoms with van der Waals surface area (Å²) < 4.78 is 3.01. The Morgan fingerprint density at radius 3 is 2.78 bits per heavy atom. The van der Waals surface area contributed by atoms with Crippen LogP contribution in [0.15, 0.2) is 31.0 Å². The van der Waals surface area contributed by atoms with E-state index in [9.17, 15) is 0 Å². The number of nitrogens with zero attached hydrogens (tertiary/aromatic N) is 1. The summed E-state index contributed by atoms with van der Waals surface area (Å²) in [7, 11) is 0. The van der Waals surface area contributed by atoms with Gasteiger partial charge >= 0.3 is 63.5 Å². The quantitative estimate of drug-likeness (QED) is 0.618. The Bertz CT molecular complexity index is 262. The van der Waals surface area contributed by atoms with Crippen LogP contribution < -0.4 is 0 Å². The van der Waals surface area contributed by atoms with Gasteiger partial charge in [0.25, 0.3) is 0 Å². The summed E-state index contributed by atoms with van der Waals surface area (Å²) in [5.74, 6) is 0. The maximum absolute atomic E-state index is 3.64. The van der Waals surface area contributed by atoms with Crippen molar-refractivity contribution in [3.05, 3.63) is 34.9 Å². The van der Waals surface area contributed by atoms with Crippen molar-refractivity contribution in [2.75, 3.05) is 0 Å². The molecule has 0 aliphatic heterocycles. The molecule has 0 radical (unpaired) electrons. The van der Waals surface area contributed by atoms with E-state index in [4.69, 9.17) is 0 Å². The van der Waals surface area contributed by atoms with Crippen LogP contribution in [-0.2, 0) is 17.9 Å². The van der Waals surface area contributed by atoms with Crippen molar-refractivity contribution in [1.29, 1.82) is 0 Å². The van der Waals surface area contributed by atoms with Gasteiger partial charge in [0.1, 0.15) is 0 Å². The molecule has 9 heavy (non-hydrogen) atoms. The third-order valence-electron chi connectivity index (χ3n) is 1.02. The molecule has 0 bridgehead atoms. The predicted molar refractivity (Wildman–Crippen MR) is 34.1 cm³/mol. The zero-order chi connectivity index (χ0) is 6.69. The van der Waals surface area contributed by atoms with Crippen LogP contribution >= 0.6 is 0 Å². The fraction of sp³-hybridized carbons (Fsp3) is 0. The molecule has 0 aliphatic carbocycles. The predicted octanol–water partition coefficient (Wildman–Crippen LogP) is 1.67. The first-order chi connectivity index (χ1) is 4.34. The van der Waals surface area contributed by atoms with Gasteiger partial charge in [0.05, 0.1) is 0 Å². The number of aromatic nitrogens is 1. The Balaban J connectivity index is 3.32. The fourth-order valence-electron chi connectivity index (χ4n) is 0.571. The second kappa shape index (κ2) is 2.88. The molecule has 0 fully saturated rings. The molecule has 2 heteroatoms. The summed E-state index contributed by atoms with van der Waals surface area (Å²) in [6.45, 7) is 3.64. The number of rotatable bonds is 1. The molecular weight excluding hydrogens is 201 g/mol. The minimum atomic E-state index is 1.09. The van der Waals surface area contributed by atoms with E-state index in [0.29, 0.717) is 0 Å². The van der Waals surface area contributed by atoms with E-state index in [0.717, 1.165) is 3.88 Å². The van der Waals surface area contributed by atoms with E-state index in [2.05, 4.69) is 24.4 Å². The van der Waals surface area contributed by atoms with Gasteiger partial charge in [-0.25, -0.2) is 0 Å². The second-order valence-electron chi connectivity index (χ2n) is 1.59. The standard InChI is InChI=1S/C7H7N.Rh/c1-2-8-6-4-3-5-7-8;/h2-6H,1H2;. The maximum atomic E-state index is 3.64. The molecule has 0 spiro atoms. The van der Waals surface area contributed by atoms with Crippen molar-refractivity contribution in [3.8, 4) is 0 Å². The molecular formula is C7H7NRh. The fourth-order valence-corrected chi connectivity index (χ4v) is 1.00. The molecule has 0 amide bonds. The molecule has 1 nitrogen and oxygen atoms in total.